The van der Waals surface area contributed by atoms with Crippen LogP contribution < -0.4 is 5.32 Å². The SMILES string of the molecule is CC(=O)Nc1cc(Cl)ccc1Sc1ccc(C)cc1. The highest BCUT2D eigenvalue weighted by Crippen LogP contribution is 2.35. The zero-order valence-electron chi connectivity index (χ0n) is 10.7. The molecular weight excluding hydrogens is 278 g/mol. The average molecular weight is 292 g/mol. The van der Waals surface area contributed by atoms with E-state index in [1.807, 2.05) is 12.1 Å². The van der Waals surface area contributed by atoms with Gasteiger partial charge in [0.25, 0.3) is 0 Å². The first-order valence-corrected chi connectivity index (χ1v) is 7.06. The second kappa shape index (κ2) is 6.13. The number of hydrogen-bond acceptors (Lipinski definition) is 2. The molecule has 0 aliphatic rings. The van der Waals surface area contributed by atoms with Crippen LogP contribution in [0.4, 0.5) is 5.69 Å². The van der Waals surface area contributed by atoms with Crippen molar-refractivity contribution in [3.63, 3.8) is 0 Å². The average Bonchev–Trinajstić information content (AvgIpc) is 2.34. The van der Waals surface area contributed by atoms with Crippen molar-refractivity contribution in [1.29, 1.82) is 0 Å². The smallest absolute Gasteiger partial charge is 0.221 e. The van der Waals surface area contributed by atoms with Gasteiger partial charge in [-0.1, -0.05) is 41.1 Å². The van der Waals surface area contributed by atoms with Crippen LogP contribution in [0.2, 0.25) is 5.02 Å². The lowest BCUT2D eigenvalue weighted by atomic mass is 10.2. The molecule has 0 saturated carbocycles. The number of hydrogen-bond donors (Lipinski definition) is 1. The Labute approximate surface area is 122 Å². The maximum atomic E-state index is 11.2. The van der Waals surface area contributed by atoms with E-state index in [1.54, 1.807) is 17.8 Å². The number of aryl methyl sites for hydroxylation is 1. The van der Waals surface area contributed by atoms with E-state index < -0.39 is 0 Å². The van der Waals surface area contributed by atoms with Gasteiger partial charge in [-0.15, -0.1) is 0 Å². The Kier molecular flexibility index (Phi) is 4.51. The zero-order chi connectivity index (χ0) is 13.8. The first-order valence-electron chi connectivity index (χ1n) is 5.86. The third kappa shape index (κ3) is 4.01. The topological polar surface area (TPSA) is 29.1 Å². The van der Waals surface area contributed by atoms with Gasteiger partial charge in [0.1, 0.15) is 0 Å². The van der Waals surface area contributed by atoms with E-state index in [-0.39, 0.29) is 5.91 Å². The molecule has 0 atom stereocenters. The van der Waals surface area contributed by atoms with Gasteiger partial charge < -0.3 is 5.32 Å². The summed E-state index contributed by atoms with van der Waals surface area (Å²) >= 11 is 7.56. The molecular formula is C15H14ClNOS. The van der Waals surface area contributed by atoms with Gasteiger partial charge in [-0.3, -0.25) is 4.79 Å². The standard InChI is InChI=1S/C15H14ClNOS/c1-10-3-6-13(7-4-10)19-15-8-5-12(16)9-14(15)17-11(2)18/h3-9H,1-2H3,(H,17,18). The minimum Gasteiger partial charge on any atom is -0.325 e. The van der Waals surface area contributed by atoms with Crippen LogP contribution >= 0.6 is 23.4 Å². The fourth-order valence-corrected chi connectivity index (χ4v) is 2.67. The third-order valence-electron chi connectivity index (χ3n) is 2.50. The molecule has 0 aliphatic heterocycles. The number of anilines is 1. The molecule has 1 amide bonds. The molecule has 0 unspecified atom stereocenters. The Bertz CT molecular complexity index is 596. The quantitative estimate of drug-likeness (QED) is 0.883. The van der Waals surface area contributed by atoms with E-state index in [4.69, 9.17) is 11.6 Å². The lowest BCUT2D eigenvalue weighted by Gasteiger charge is -2.10. The van der Waals surface area contributed by atoms with Gasteiger partial charge in [0.15, 0.2) is 0 Å². The number of rotatable bonds is 3. The van der Waals surface area contributed by atoms with Gasteiger partial charge in [-0.25, -0.2) is 0 Å². The summed E-state index contributed by atoms with van der Waals surface area (Å²) in [5, 5.41) is 3.41. The Balaban J connectivity index is 2.28. The van der Waals surface area contributed by atoms with Crippen molar-refractivity contribution >= 4 is 35.0 Å². The van der Waals surface area contributed by atoms with Crippen LogP contribution in [0.1, 0.15) is 12.5 Å². The van der Waals surface area contributed by atoms with E-state index in [0.29, 0.717) is 5.02 Å². The molecule has 0 radical (unpaired) electrons. The van der Waals surface area contributed by atoms with E-state index in [2.05, 4.69) is 36.5 Å². The summed E-state index contributed by atoms with van der Waals surface area (Å²) in [5.41, 5.74) is 1.97. The van der Waals surface area contributed by atoms with Crippen LogP contribution in [-0.4, -0.2) is 5.91 Å². The number of halogens is 1. The monoisotopic (exact) mass is 291 g/mol. The number of carbonyl (C=O) groups is 1. The predicted octanol–water partition coefficient (Wildman–Crippen LogP) is 4.76. The molecule has 2 rings (SSSR count). The molecule has 0 spiro atoms. The highest BCUT2D eigenvalue weighted by molar-refractivity contribution is 7.99. The van der Waals surface area contributed by atoms with Crippen molar-refractivity contribution in [1.82, 2.24) is 0 Å². The highest BCUT2D eigenvalue weighted by atomic mass is 35.5. The predicted molar refractivity (Wildman–Crippen MR) is 81.1 cm³/mol. The summed E-state index contributed by atoms with van der Waals surface area (Å²) in [7, 11) is 0. The Hall–Kier alpha value is -1.45. The van der Waals surface area contributed by atoms with Crippen molar-refractivity contribution < 1.29 is 4.79 Å². The maximum absolute atomic E-state index is 11.2. The van der Waals surface area contributed by atoms with Crippen molar-refractivity contribution in [2.24, 2.45) is 0 Å². The van der Waals surface area contributed by atoms with Crippen molar-refractivity contribution in [2.45, 2.75) is 23.6 Å². The molecule has 19 heavy (non-hydrogen) atoms. The number of nitrogens with one attached hydrogen (secondary N) is 1. The van der Waals surface area contributed by atoms with Crippen LogP contribution in [0.3, 0.4) is 0 Å². The molecule has 0 heterocycles. The van der Waals surface area contributed by atoms with Crippen LogP contribution in [0.15, 0.2) is 52.3 Å². The molecule has 2 aromatic carbocycles. The fourth-order valence-electron chi connectivity index (χ4n) is 1.61. The number of benzene rings is 2. The zero-order valence-corrected chi connectivity index (χ0v) is 12.3. The summed E-state index contributed by atoms with van der Waals surface area (Å²) in [6.07, 6.45) is 0. The van der Waals surface area contributed by atoms with E-state index in [1.165, 1.54) is 12.5 Å². The second-order valence-electron chi connectivity index (χ2n) is 4.24. The van der Waals surface area contributed by atoms with E-state index >= 15 is 0 Å². The molecule has 2 aromatic rings. The first-order chi connectivity index (χ1) is 9.04. The van der Waals surface area contributed by atoms with Crippen LogP contribution in [0, 0.1) is 6.92 Å². The lowest BCUT2D eigenvalue weighted by molar-refractivity contribution is -0.114. The second-order valence-corrected chi connectivity index (χ2v) is 5.79. The van der Waals surface area contributed by atoms with Crippen LogP contribution in [0.5, 0.6) is 0 Å². The van der Waals surface area contributed by atoms with Gasteiger partial charge in [0, 0.05) is 21.7 Å². The largest absolute Gasteiger partial charge is 0.325 e. The number of amides is 1. The van der Waals surface area contributed by atoms with Crippen LogP contribution in [-0.2, 0) is 4.79 Å². The molecule has 4 heteroatoms. The maximum Gasteiger partial charge on any atom is 0.221 e. The molecule has 0 aromatic heterocycles. The Morgan fingerprint density at radius 3 is 2.47 bits per heavy atom. The highest BCUT2D eigenvalue weighted by Gasteiger charge is 2.07. The van der Waals surface area contributed by atoms with E-state index in [9.17, 15) is 4.79 Å². The van der Waals surface area contributed by atoms with Gasteiger partial charge in [0.05, 0.1) is 5.69 Å². The van der Waals surface area contributed by atoms with Gasteiger partial charge in [-0.05, 0) is 37.3 Å². The number of carbonyl (C=O) groups excluding carboxylic acids is 1. The Morgan fingerprint density at radius 1 is 1.16 bits per heavy atom. The van der Waals surface area contributed by atoms with Gasteiger partial charge in [-0.2, -0.15) is 0 Å². The molecule has 0 bridgehead atoms. The summed E-state index contributed by atoms with van der Waals surface area (Å²) < 4.78 is 0. The lowest BCUT2D eigenvalue weighted by Crippen LogP contribution is -2.06. The minimum absolute atomic E-state index is 0.104. The summed E-state index contributed by atoms with van der Waals surface area (Å²) in [4.78, 5) is 13.3. The fraction of sp³-hybridized carbons (Fsp3) is 0.133. The van der Waals surface area contributed by atoms with Crippen LogP contribution in [0.25, 0.3) is 0 Å². The summed E-state index contributed by atoms with van der Waals surface area (Å²) in [6, 6.07) is 13.8. The van der Waals surface area contributed by atoms with Gasteiger partial charge in [0.2, 0.25) is 5.91 Å². The molecule has 0 aliphatic carbocycles. The van der Waals surface area contributed by atoms with Gasteiger partial charge >= 0.3 is 0 Å². The first kappa shape index (κ1) is 14.0. The molecule has 2 nitrogen and oxygen atoms in total. The molecule has 0 saturated heterocycles. The summed E-state index contributed by atoms with van der Waals surface area (Å²) in [6.45, 7) is 3.54. The van der Waals surface area contributed by atoms with Crippen molar-refractivity contribution in [3.8, 4) is 0 Å². The minimum atomic E-state index is -0.104. The molecule has 1 N–H and O–H groups in total. The molecule has 98 valence electrons. The Morgan fingerprint density at radius 2 is 1.84 bits per heavy atom. The van der Waals surface area contributed by atoms with Crippen molar-refractivity contribution in [2.75, 3.05) is 5.32 Å². The normalized spacial score (nSPS) is 10.3. The third-order valence-corrected chi connectivity index (χ3v) is 3.82. The van der Waals surface area contributed by atoms with Crippen molar-refractivity contribution in [3.05, 3.63) is 53.1 Å². The summed E-state index contributed by atoms with van der Waals surface area (Å²) in [5.74, 6) is -0.104. The molecule has 0 fully saturated rings. The van der Waals surface area contributed by atoms with E-state index in [0.717, 1.165) is 15.5 Å².